The van der Waals surface area contributed by atoms with Crippen LogP contribution in [0.3, 0.4) is 0 Å². The zero-order chi connectivity index (χ0) is 18.6. The van der Waals surface area contributed by atoms with Crippen LogP contribution >= 0.6 is 15.9 Å². The number of nitrogens with one attached hydrogen (secondary N) is 2. The summed E-state index contributed by atoms with van der Waals surface area (Å²) in [5.41, 5.74) is 8.48. The molecular weight excluding hydrogens is 384 g/mol. The molecule has 5 nitrogen and oxygen atoms in total. The summed E-state index contributed by atoms with van der Waals surface area (Å²) < 4.78 is 6.45. The van der Waals surface area contributed by atoms with Crippen molar-refractivity contribution in [2.45, 2.75) is 33.8 Å². The van der Waals surface area contributed by atoms with Crippen LogP contribution in [-0.4, -0.2) is 17.9 Å². The Morgan fingerprint density at radius 2 is 1.64 bits per heavy atom. The number of carbonyl (C=O) groups excluding carboxylic acids is 2. The van der Waals surface area contributed by atoms with E-state index in [0.717, 1.165) is 21.2 Å². The number of amides is 2. The second-order valence-corrected chi connectivity index (χ2v) is 6.77. The summed E-state index contributed by atoms with van der Waals surface area (Å²) in [5, 5.41) is 0. The Morgan fingerprint density at radius 1 is 0.960 bits per heavy atom. The lowest BCUT2D eigenvalue weighted by atomic mass is 10.1. The first-order valence-electron chi connectivity index (χ1n) is 7.88. The Hall–Kier alpha value is -2.34. The molecule has 0 spiro atoms. The van der Waals surface area contributed by atoms with Gasteiger partial charge in [-0.2, -0.15) is 0 Å². The topological polar surface area (TPSA) is 67.4 Å². The van der Waals surface area contributed by atoms with Crippen molar-refractivity contribution in [1.82, 2.24) is 10.9 Å². The summed E-state index contributed by atoms with van der Waals surface area (Å²) in [5.74, 6) is -0.218. The van der Waals surface area contributed by atoms with Gasteiger partial charge in [-0.05, 0) is 68.7 Å². The van der Waals surface area contributed by atoms with Gasteiger partial charge in [-0.1, -0.05) is 28.1 Å². The number of rotatable bonds is 4. The van der Waals surface area contributed by atoms with Crippen LogP contribution in [0.4, 0.5) is 0 Å². The Bertz CT molecular complexity index is 805. The van der Waals surface area contributed by atoms with Crippen LogP contribution in [0.2, 0.25) is 0 Å². The molecule has 6 heteroatoms. The van der Waals surface area contributed by atoms with Gasteiger partial charge in [0.25, 0.3) is 11.8 Å². The third kappa shape index (κ3) is 5.06. The highest BCUT2D eigenvalue weighted by atomic mass is 79.9. The highest BCUT2D eigenvalue weighted by Crippen LogP contribution is 2.18. The molecule has 0 heterocycles. The van der Waals surface area contributed by atoms with Gasteiger partial charge < -0.3 is 4.74 Å². The molecule has 2 rings (SSSR count). The Labute approximate surface area is 155 Å². The second kappa shape index (κ2) is 8.16. The normalized spacial score (nSPS) is 11.6. The molecule has 0 saturated heterocycles. The highest BCUT2D eigenvalue weighted by Gasteiger charge is 2.16. The molecule has 1 unspecified atom stereocenters. The SMILES string of the molecule is Cc1ccc(OC(C)C(=O)NNC(=O)c2ccc(C)c(Br)c2)cc1C. The van der Waals surface area contributed by atoms with Gasteiger partial charge in [0.05, 0.1) is 0 Å². The number of benzene rings is 2. The average molecular weight is 405 g/mol. The van der Waals surface area contributed by atoms with Crippen molar-refractivity contribution in [3.05, 3.63) is 63.1 Å². The van der Waals surface area contributed by atoms with Crippen LogP contribution in [0.5, 0.6) is 5.75 Å². The highest BCUT2D eigenvalue weighted by molar-refractivity contribution is 9.10. The number of carbonyl (C=O) groups is 2. The summed E-state index contributed by atoms with van der Waals surface area (Å²) >= 11 is 3.38. The van der Waals surface area contributed by atoms with E-state index in [0.29, 0.717) is 11.3 Å². The van der Waals surface area contributed by atoms with Gasteiger partial charge in [0, 0.05) is 10.0 Å². The maximum absolute atomic E-state index is 12.1. The molecule has 0 bridgehead atoms. The molecule has 2 aromatic rings. The number of aryl methyl sites for hydroxylation is 3. The zero-order valence-electron chi connectivity index (χ0n) is 14.6. The number of ether oxygens (including phenoxy) is 1. The number of hydrazine groups is 1. The summed E-state index contributed by atoms with van der Waals surface area (Å²) in [6.45, 7) is 7.54. The molecule has 0 aliphatic heterocycles. The van der Waals surface area contributed by atoms with Gasteiger partial charge in [-0.25, -0.2) is 0 Å². The van der Waals surface area contributed by atoms with Crippen LogP contribution < -0.4 is 15.6 Å². The van der Waals surface area contributed by atoms with E-state index in [9.17, 15) is 9.59 Å². The third-order valence-corrected chi connectivity index (χ3v) is 4.75. The molecule has 25 heavy (non-hydrogen) atoms. The van der Waals surface area contributed by atoms with E-state index in [-0.39, 0.29) is 0 Å². The maximum atomic E-state index is 12.1. The lowest BCUT2D eigenvalue weighted by Crippen LogP contribution is -2.47. The molecule has 2 amide bonds. The monoisotopic (exact) mass is 404 g/mol. The number of halogens is 1. The first kappa shape index (κ1) is 19.0. The van der Waals surface area contributed by atoms with Gasteiger partial charge in [-0.3, -0.25) is 20.4 Å². The Balaban J connectivity index is 1.91. The lowest BCUT2D eigenvalue weighted by Gasteiger charge is -2.16. The zero-order valence-corrected chi connectivity index (χ0v) is 16.2. The Kier molecular flexibility index (Phi) is 6.20. The van der Waals surface area contributed by atoms with Crippen molar-refractivity contribution >= 4 is 27.7 Å². The van der Waals surface area contributed by atoms with E-state index in [4.69, 9.17) is 4.74 Å². The average Bonchev–Trinajstić information content (AvgIpc) is 2.58. The van der Waals surface area contributed by atoms with Crippen LogP contribution in [0.15, 0.2) is 40.9 Å². The molecule has 0 aliphatic rings. The third-order valence-electron chi connectivity index (χ3n) is 3.89. The predicted octanol–water partition coefficient (Wildman–Crippen LogP) is 3.60. The van der Waals surface area contributed by atoms with E-state index in [1.54, 1.807) is 19.1 Å². The quantitative estimate of drug-likeness (QED) is 0.764. The number of hydrogen-bond donors (Lipinski definition) is 2. The summed E-state index contributed by atoms with van der Waals surface area (Å²) in [6.07, 6.45) is -0.743. The van der Waals surface area contributed by atoms with Crippen molar-refractivity contribution in [3.63, 3.8) is 0 Å². The molecule has 1 atom stereocenters. The molecule has 132 valence electrons. The lowest BCUT2D eigenvalue weighted by molar-refractivity contribution is -0.128. The molecule has 0 saturated carbocycles. The second-order valence-electron chi connectivity index (χ2n) is 5.91. The van der Waals surface area contributed by atoms with Gasteiger partial charge in [-0.15, -0.1) is 0 Å². The van der Waals surface area contributed by atoms with Crippen LogP contribution in [0, 0.1) is 20.8 Å². The van der Waals surface area contributed by atoms with E-state index < -0.39 is 17.9 Å². The number of hydrogen-bond acceptors (Lipinski definition) is 3. The fraction of sp³-hybridized carbons (Fsp3) is 0.263. The molecule has 0 aliphatic carbocycles. The first-order chi connectivity index (χ1) is 11.8. The van der Waals surface area contributed by atoms with E-state index >= 15 is 0 Å². The van der Waals surface area contributed by atoms with Gasteiger partial charge in [0.15, 0.2) is 6.10 Å². The van der Waals surface area contributed by atoms with Crippen molar-refractivity contribution in [3.8, 4) is 5.75 Å². The van der Waals surface area contributed by atoms with Crippen molar-refractivity contribution in [2.75, 3.05) is 0 Å². The van der Waals surface area contributed by atoms with E-state index in [1.807, 2.05) is 45.0 Å². The summed E-state index contributed by atoms with van der Waals surface area (Å²) in [7, 11) is 0. The smallest absolute Gasteiger partial charge is 0.279 e. The standard InChI is InChI=1S/C19H21BrN2O3/c1-11-6-8-16(9-13(11)3)25-14(4)18(23)21-22-19(24)15-7-5-12(2)17(20)10-15/h5-10,14H,1-4H3,(H,21,23)(H,22,24). The van der Waals surface area contributed by atoms with Crippen molar-refractivity contribution in [2.24, 2.45) is 0 Å². The minimum Gasteiger partial charge on any atom is -0.481 e. The van der Waals surface area contributed by atoms with Gasteiger partial charge in [0.1, 0.15) is 5.75 Å². The Morgan fingerprint density at radius 3 is 2.28 bits per heavy atom. The van der Waals surface area contributed by atoms with Gasteiger partial charge >= 0.3 is 0 Å². The molecule has 2 N–H and O–H groups in total. The van der Waals surface area contributed by atoms with Crippen LogP contribution in [0.25, 0.3) is 0 Å². The van der Waals surface area contributed by atoms with E-state index in [1.165, 1.54) is 0 Å². The summed E-state index contributed by atoms with van der Waals surface area (Å²) in [4.78, 5) is 24.2. The minimum absolute atomic E-state index is 0.396. The van der Waals surface area contributed by atoms with E-state index in [2.05, 4.69) is 26.8 Å². The fourth-order valence-corrected chi connectivity index (χ4v) is 2.45. The predicted molar refractivity (Wildman–Crippen MR) is 100 cm³/mol. The minimum atomic E-state index is -0.743. The van der Waals surface area contributed by atoms with Crippen LogP contribution in [0.1, 0.15) is 34.0 Å². The maximum Gasteiger partial charge on any atom is 0.279 e. The van der Waals surface area contributed by atoms with Crippen LogP contribution in [-0.2, 0) is 4.79 Å². The molecule has 0 aromatic heterocycles. The largest absolute Gasteiger partial charge is 0.481 e. The molecular formula is C19H21BrN2O3. The first-order valence-corrected chi connectivity index (χ1v) is 8.67. The molecule has 0 radical (unpaired) electrons. The molecule has 2 aromatic carbocycles. The fourth-order valence-electron chi connectivity index (χ4n) is 2.07. The van der Waals surface area contributed by atoms with Crippen molar-refractivity contribution in [1.29, 1.82) is 0 Å². The molecule has 0 fully saturated rings. The van der Waals surface area contributed by atoms with Gasteiger partial charge in [0.2, 0.25) is 0 Å². The van der Waals surface area contributed by atoms with Crippen molar-refractivity contribution < 1.29 is 14.3 Å². The summed E-state index contributed by atoms with van der Waals surface area (Å²) in [6, 6.07) is 10.8.